The molecule has 0 spiro atoms. The molecule has 1 aromatic rings. The number of carboxylic acids is 1. The predicted molar refractivity (Wildman–Crippen MR) is 68.3 cm³/mol. The molecule has 18 heavy (non-hydrogen) atoms. The third kappa shape index (κ3) is 2.70. The van der Waals surface area contributed by atoms with Gasteiger partial charge in [0.2, 0.25) is 5.91 Å². The Labute approximate surface area is 109 Å². The van der Waals surface area contributed by atoms with Gasteiger partial charge in [-0.2, -0.15) is 0 Å². The molecule has 0 unspecified atom stereocenters. The molecule has 1 aliphatic rings. The molecule has 1 saturated heterocycles. The lowest BCUT2D eigenvalue weighted by atomic mass is 10.1. The third-order valence-electron chi connectivity index (χ3n) is 2.83. The van der Waals surface area contributed by atoms with Crippen LogP contribution in [-0.2, 0) is 16.0 Å². The van der Waals surface area contributed by atoms with Crippen molar-refractivity contribution in [2.24, 2.45) is 0 Å². The lowest BCUT2D eigenvalue weighted by Gasteiger charge is -2.20. The second kappa shape index (κ2) is 5.22. The predicted octanol–water partition coefficient (Wildman–Crippen LogP) is 0.679. The van der Waals surface area contributed by atoms with Crippen LogP contribution >= 0.6 is 12.2 Å². The fourth-order valence-electron chi connectivity index (χ4n) is 1.95. The molecule has 2 heterocycles. The Balaban J connectivity index is 2.09. The highest BCUT2D eigenvalue weighted by Crippen LogP contribution is 2.17. The standard InChI is InChI=1S/C12H12N2O3S/c15-11(4-8-2-1-3-13-6-8)14-7-9(18)5-10(14)12(16)17/h1-3,6,10H,4-5,7H2,(H,16,17)/t10-/m0/s1. The summed E-state index contributed by atoms with van der Waals surface area (Å²) in [6.45, 7) is 0.255. The van der Waals surface area contributed by atoms with Crippen molar-refractivity contribution in [2.75, 3.05) is 6.54 Å². The lowest BCUT2D eigenvalue weighted by molar-refractivity contribution is -0.148. The Bertz CT molecular complexity index is 489. The van der Waals surface area contributed by atoms with E-state index < -0.39 is 12.0 Å². The first kappa shape index (κ1) is 12.6. The molecule has 0 aromatic carbocycles. The van der Waals surface area contributed by atoms with Crippen LogP contribution in [0, 0.1) is 0 Å². The number of likely N-dealkylation sites (tertiary alicyclic amines) is 1. The second-order valence-electron chi connectivity index (χ2n) is 4.16. The highest BCUT2D eigenvalue weighted by Gasteiger charge is 2.36. The first-order chi connectivity index (χ1) is 8.58. The summed E-state index contributed by atoms with van der Waals surface area (Å²) in [5.74, 6) is -1.23. The topological polar surface area (TPSA) is 70.5 Å². The first-order valence-electron chi connectivity index (χ1n) is 5.51. The number of pyridine rings is 1. The normalized spacial score (nSPS) is 19.0. The Morgan fingerprint density at radius 3 is 2.94 bits per heavy atom. The molecule has 0 bridgehead atoms. The number of thiocarbonyl (C=S) groups is 1. The van der Waals surface area contributed by atoms with Gasteiger partial charge in [-0.1, -0.05) is 18.3 Å². The smallest absolute Gasteiger partial charge is 0.326 e. The maximum Gasteiger partial charge on any atom is 0.326 e. The van der Waals surface area contributed by atoms with E-state index in [0.717, 1.165) is 5.56 Å². The van der Waals surface area contributed by atoms with Crippen molar-refractivity contribution in [2.45, 2.75) is 18.9 Å². The minimum atomic E-state index is -1.01. The molecule has 2 rings (SSSR count). The van der Waals surface area contributed by atoms with Crippen LogP contribution in [-0.4, -0.2) is 44.3 Å². The van der Waals surface area contributed by atoms with E-state index in [2.05, 4.69) is 4.98 Å². The van der Waals surface area contributed by atoms with E-state index in [4.69, 9.17) is 17.3 Å². The summed E-state index contributed by atoms with van der Waals surface area (Å²) < 4.78 is 0. The van der Waals surface area contributed by atoms with Crippen LogP contribution in [0.1, 0.15) is 12.0 Å². The number of carbonyl (C=O) groups excluding carboxylic acids is 1. The molecule has 1 aromatic heterocycles. The van der Waals surface area contributed by atoms with Crippen LogP contribution < -0.4 is 0 Å². The zero-order chi connectivity index (χ0) is 13.1. The summed E-state index contributed by atoms with van der Waals surface area (Å²) in [4.78, 5) is 29.0. The number of hydrogen-bond acceptors (Lipinski definition) is 4. The summed E-state index contributed by atoms with van der Waals surface area (Å²) in [6, 6.07) is 2.71. The maximum absolute atomic E-state index is 12.1. The number of carboxylic acid groups (broad SMARTS) is 1. The van der Waals surface area contributed by atoms with Crippen LogP contribution in [0.3, 0.4) is 0 Å². The minimum absolute atomic E-state index is 0.153. The van der Waals surface area contributed by atoms with Crippen LogP contribution in [0.5, 0.6) is 0 Å². The van der Waals surface area contributed by atoms with Crippen molar-refractivity contribution in [1.82, 2.24) is 9.88 Å². The fraction of sp³-hybridized carbons (Fsp3) is 0.333. The van der Waals surface area contributed by atoms with Crippen LogP contribution in [0.25, 0.3) is 0 Å². The van der Waals surface area contributed by atoms with Gasteiger partial charge in [-0.05, 0) is 11.6 Å². The van der Waals surface area contributed by atoms with E-state index >= 15 is 0 Å². The molecular weight excluding hydrogens is 252 g/mol. The molecular formula is C12H12N2O3S. The van der Waals surface area contributed by atoms with Crippen molar-refractivity contribution >= 4 is 29.0 Å². The zero-order valence-corrected chi connectivity index (χ0v) is 10.4. The van der Waals surface area contributed by atoms with Gasteiger partial charge in [0.25, 0.3) is 0 Å². The summed E-state index contributed by atoms with van der Waals surface area (Å²) in [6.07, 6.45) is 3.64. The summed E-state index contributed by atoms with van der Waals surface area (Å²) in [5.41, 5.74) is 0.768. The van der Waals surface area contributed by atoms with Crippen molar-refractivity contribution in [1.29, 1.82) is 0 Å². The number of aromatic nitrogens is 1. The van der Waals surface area contributed by atoms with Crippen molar-refractivity contribution in [3.8, 4) is 0 Å². The molecule has 0 saturated carbocycles. The average Bonchev–Trinajstić information content (AvgIpc) is 2.73. The lowest BCUT2D eigenvalue weighted by Crippen LogP contribution is -2.41. The first-order valence-corrected chi connectivity index (χ1v) is 5.91. The number of aliphatic carboxylic acids is 1. The Kier molecular flexibility index (Phi) is 3.66. The van der Waals surface area contributed by atoms with E-state index in [1.165, 1.54) is 4.90 Å². The van der Waals surface area contributed by atoms with E-state index in [1.807, 2.05) is 0 Å². The van der Waals surface area contributed by atoms with Gasteiger partial charge in [-0.15, -0.1) is 0 Å². The summed E-state index contributed by atoms with van der Waals surface area (Å²) in [5, 5.41) is 9.05. The molecule has 0 aliphatic carbocycles. The third-order valence-corrected chi connectivity index (χ3v) is 3.12. The largest absolute Gasteiger partial charge is 0.480 e. The molecule has 1 fully saturated rings. The van der Waals surface area contributed by atoms with Crippen molar-refractivity contribution in [3.63, 3.8) is 0 Å². The quantitative estimate of drug-likeness (QED) is 0.813. The van der Waals surface area contributed by atoms with Crippen molar-refractivity contribution < 1.29 is 14.7 Å². The van der Waals surface area contributed by atoms with Crippen molar-refractivity contribution in [3.05, 3.63) is 30.1 Å². The van der Waals surface area contributed by atoms with Gasteiger partial charge >= 0.3 is 5.97 Å². The number of nitrogens with zero attached hydrogens (tertiary/aromatic N) is 2. The molecule has 6 heteroatoms. The highest BCUT2D eigenvalue weighted by atomic mass is 32.1. The van der Waals surface area contributed by atoms with Crippen LogP contribution in [0.4, 0.5) is 0 Å². The fourth-order valence-corrected chi connectivity index (χ4v) is 2.25. The van der Waals surface area contributed by atoms with Gasteiger partial charge in [-0.3, -0.25) is 9.78 Å². The second-order valence-corrected chi connectivity index (χ2v) is 4.73. The SMILES string of the molecule is O=C(O)[C@@H]1CC(=S)CN1C(=O)Cc1cccnc1. The molecule has 1 aliphatic heterocycles. The van der Waals surface area contributed by atoms with E-state index in [-0.39, 0.29) is 25.3 Å². The summed E-state index contributed by atoms with van der Waals surface area (Å²) in [7, 11) is 0. The number of carbonyl (C=O) groups is 2. The average molecular weight is 264 g/mol. The highest BCUT2D eigenvalue weighted by molar-refractivity contribution is 7.80. The number of rotatable bonds is 3. The Morgan fingerprint density at radius 2 is 2.33 bits per heavy atom. The number of amides is 1. The minimum Gasteiger partial charge on any atom is -0.480 e. The van der Waals surface area contributed by atoms with Gasteiger partial charge in [-0.25, -0.2) is 4.79 Å². The van der Waals surface area contributed by atoms with Gasteiger partial charge in [0.15, 0.2) is 0 Å². The van der Waals surface area contributed by atoms with E-state index in [0.29, 0.717) is 4.86 Å². The Hall–Kier alpha value is -1.82. The molecule has 1 N–H and O–H groups in total. The molecule has 1 atom stereocenters. The van der Waals surface area contributed by atoms with Gasteiger partial charge in [0, 0.05) is 23.7 Å². The molecule has 94 valence electrons. The number of hydrogen-bond donors (Lipinski definition) is 1. The summed E-state index contributed by atoms with van der Waals surface area (Å²) >= 11 is 5.01. The van der Waals surface area contributed by atoms with Gasteiger partial charge in [0.1, 0.15) is 6.04 Å². The Morgan fingerprint density at radius 1 is 1.56 bits per heavy atom. The van der Waals surface area contributed by atoms with E-state index in [9.17, 15) is 9.59 Å². The maximum atomic E-state index is 12.1. The van der Waals surface area contributed by atoms with Gasteiger partial charge in [0.05, 0.1) is 13.0 Å². The molecule has 5 nitrogen and oxygen atoms in total. The molecule has 1 amide bonds. The van der Waals surface area contributed by atoms with Gasteiger partial charge < -0.3 is 10.0 Å². The van der Waals surface area contributed by atoms with E-state index in [1.54, 1.807) is 24.5 Å². The van der Waals surface area contributed by atoms with Crippen LogP contribution in [0.15, 0.2) is 24.5 Å². The zero-order valence-electron chi connectivity index (χ0n) is 9.57. The monoisotopic (exact) mass is 264 g/mol. The van der Waals surface area contributed by atoms with Crippen LogP contribution in [0.2, 0.25) is 0 Å². The molecule has 0 radical (unpaired) electrons.